The molecule has 35 heavy (non-hydrogen) atoms. The molecule has 0 unspecified atom stereocenters. The summed E-state index contributed by atoms with van der Waals surface area (Å²) in [7, 11) is 0. The molecule has 8 nitrogen and oxygen atoms in total. The van der Waals surface area contributed by atoms with Crippen molar-refractivity contribution in [3.63, 3.8) is 0 Å². The second-order valence-corrected chi connectivity index (χ2v) is 11.1. The molecule has 8 heteroatoms. The van der Waals surface area contributed by atoms with Crippen LogP contribution in [0, 0.1) is 28.6 Å². The zero-order chi connectivity index (χ0) is 25.6. The van der Waals surface area contributed by atoms with E-state index >= 15 is 0 Å². The molecular formula is C27H36O8. The third kappa shape index (κ3) is 4.24. The number of rotatable bonds is 7. The van der Waals surface area contributed by atoms with E-state index in [-0.39, 0.29) is 55.8 Å². The molecule has 2 saturated carbocycles. The van der Waals surface area contributed by atoms with Crippen LogP contribution in [0.4, 0.5) is 0 Å². The number of hydrogen-bond donors (Lipinski definition) is 1. The molecule has 0 aromatic rings. The molecule has 1 heterocycles. The van der Waals surface area contributed by atoms with Gasteiger partial charge in [0, 0.05) is 43.3 Å². The highest BCUT2D eigenvalue weighted by Crippen LogP contribution is 2.66. The zero-order valence-corrected chi connectivity index (χ0v) is 21.1. The summed E-state index contributed by atoms with van der Waals surface area (Å²) in [4.78, 5) is 48.4. The minimum atomic E-state index is -1.13. The Morgan fingerprint density at radius 3 is 2.43 bits per heavy atom. The summed E-state index contributed by atoms with van der Waals surface area (Å²) in [6, 6.07) is 0. The number of carbonyl (C=O) groups excluding carboxylic acids is 4. The second kappa shape index (κ2) is 9.19. The molecule has 0 aromatic carbocycles. The fourth-order valence-electron chi connectivity index (χ4n) is 7.51. The quantitative estimate of drug-likeness (QED) is 0.429. The number of carbonyl (C=O) groups is 4. The Hall–Kier alpha value is -2.48. The van der Waals surface area contributed by atoms with Crippen LogP contribution in [0.15, 0.2) is 23.3 Å². The van der Waals surface area contributed by atoms with Crippen LogP contribution in [0.25, 0.3) is 0 Å². The van der Waals surface area contributed by atoms with Crippen LogP contribution in [-0.4, -0.2) is 54.2 Å². The molecule has 1 aliphatic heterocycles. The third-order valence-electron chi connectivity index (χ3n) is 9.25. The lowest BCUT2D eigenvalue weighted by molar-refractivity contribution is -0.194. The second-order valence-electron chi connectivity index (χ2n) is 11.1. The number of ketones is 1. The van der Waals surface area contributed by atoms with Crippen molar-refractivity contribution in [1.82, 2.24) is 0 Å². The van der Waals surface area contributed by atoms with Gasteiger partial charge in [0.25, 0.3) is 0 Å². The Morgan fingerprint density at radius 1 is 1.11 bits per heavy atom. The number of cyclic esters (lactones) is 1. The Morgan fingerprint density at radius 2 is 1.80 bits per heavy atom. The molecule has 192 valence electrons. The highest BCUT2D eigenvalue weighted by molar-refractivity contribution is 5.89. The van der Waals surface area contributed by atoms with Gasteiger partial charge in [-0.05, 0) is 54.9 Å². The van der Waals surface area contributed by atoms with Crippen LogP contribution in [0.1, 0.15) is 66.2 Å². The van der Waals surface area contributed by atoms with Crippen molar-refractivity contribution in [2.24, 2.45) is 28.6 Å². The molecule has 0 aromatic heterocycles. The van der Waals surface area contributed by atoms with Gasteiger partial charge in [-0.25, -0.2) is 4.79 Å². The fourth-order valence-corrected chi connectivity index (χ4v) is 7.51. The van der Waals surface area contributed by atoms with E-state index in [1.807, 2.05) is 13.0 Å². The largest absolute Gasteiger partial charge is 0.466 e. The first-order chi connectivity index (χ1) is 16.4. The van der Waals surface area contributed by atoms with Crippen molar-refractivity contribution >= 4 is 23.7 Å². The lowest BCUT2D eigenvalue weighted by Crippen LogP contribution is -2.64. The zero-order valence-electron chi connectivity index (χ0n) is 21.1. The lowest BCUT2D eigenvalue weighted by atomic mass is 9.44. The minimum absolute atomic E-state index is 0.0768. The van der Waals surface area contributed by atoms with Gasteiger partial charge in [0.2, 0.25) is 0 Å². The molecule has 6 atom stereocenters. The maximum absolute atomic E-state index is 13.9. The van der Waals surface area contributed by atoms with Gasteiger partial charge in [-0.15, -0.1) is 0 Å². The molecule has 0 spiro atoms. The smallest absolute Gasteiger partial charge is 0.331 e. The number of esters is 3. The molecule has 4 aliphatic rings. The molecule has 3 aliphatic carbocycles. The van der Waals surface area contributed by atoms with Crippen LogP contribution < -0.4 is 0 Å². The Balaban J connectivity index is 1.65. The number of aliphatic hydroxyl groups is 1. The van der Waals surface area contributed by atoms with E-state index in [2.05, 4.69) is 6.92 Å². The molecule has 1 N–H and O–H groups in total. The van der Waals surface area contributed by atoms with Gasteiger partial charge in [0.1, 0.15) is 12.4 Å². The van der Waals surface area contributed by atoms with E-state index in [4.69, 9.17) is 14.2 Å². The Bertz CT molecular complexity index is 995. The van der Waals surface area contributed by atoms with Crippen molar-refractivity contribution in [1.29, 1.82) is 0 Å². The van der Waals surface area contributed by atoms with E-state index in [1.54, 1.807) is 0 Å². The summed E-state index contributed by atoms with van der Waals surface area (Å²) in [6.45, 7) is 7.36. The molecule has 0 saturated heterocycles. The first kappa shape index (κ1) is 25.6. The van der Waals surface area contributed by atoms with E-state index < -0.39 is 28.3 Å². The highest BCUT2D eigenvalue weighted by Gasteiger charge is 2.68. The van der Waals surface area contributed by atoms with Crippen LogP contribution in [-0.2, 0) is 33.4 Å². The van der Waals surface area contributed by atoms with Gasteiger partial charge in [0.15, 0.2) is 0 Å². The first-order valence-electron chi connectivity index (χ1n) is 12.5. The summed E-state index contributed by atoms with van der Waals surface area (Å²) in [6.07, 6.45) is 6.57. The van der Waals surface area contributed by atoms with Crippen molar-refractivity contribution in [3.05, 3.63) is 23.3 Å². The van der Waals surface area contributed by atoms with Gasteiger partial charge in [0.05, 0.1) is 18.8 Å². The van der Waals surface area contributed by atoms with Crippen molar-refractivity contribution in [2.45, 2.75) is 71.8 Å². The van der Waals surface area contributed by atoms with Crippen LogP contribution >= 0.6 is 0 Å². The number of hydrogen-bond acceptors (Lipinski definition) is 8. The highest BCUT2D eigenvalue weighted by atomic mass is 16.5. The standard InChI is InChI=1S/C27H36O8/c1-16(28)33-11-8-19-5-6-21-24(25(19,3)10-12-34-17(2)29)22(30)14-26(4)20(7-9-27(21,26)32)18-13-23(31)35-15-18/h7,13,19,21,24,32H,5-6,8-12,14-15H2,1-4H3/t19-,21-,24-,25+,26-,27+/m1/s1. The molecule has 0 radical (unpaired) electrons. The Labute approximate surface area is 206 Å². The van der Waals surface area contributed by atoms with Crippen molar-refractivity contribution in [2.75, 3.05) is 19.8 Å². The average Bonchev–Trinajstić information content (AvgIpc) is 3.29. The maximum atomic E-state index is 13.9. The summed E-state index contributed by atoms with van der Waals surface area (Å²) in [5.41, 5.74) is -0.867. The van der Waals surface area contributed by atoms with Crippen LogP contribution in [0.2, 0.25) is 0 Å². The SMILES string of the molecule is CC(=O)OCC[C@H]1CC[C@@H]2[C@H](C(=O)C[C@]3(C)C(C4=CC(=O)OC4)=CC[C@]23O)[C@@]1(C)CCOC(C)=O. The van der Waals surface area contributed by atoms with Gasteiger partial charge in [-0.1, -0.05) is 19.9 Å². The van der Waals surface area contributed by atoms with Crippen molar-refractivity contribution < 1.29 is 38.5 Å². The van der Waals surface area contributed by atoms with Crippen molar-refractivity contribution in [3.8, 4) is 0 Å². The number of fused-ring (bicyclic) bond motifs is 3. The lowest BCUT2D eigenvalue weighted by Gasteiger charge is -2.61. The average molecular weight is 489 g/mol. The monoisotopic (exact) mass is 488 g/mol. The summed E-state index contributed by atoms with van der Waals surface area (Å²) >= 11 is 0. The molecule has 4 rings (SSSR count). The van der Waals surface area contributed by atoms with Gasteiger partial charge in [-0.3, -0.25) is 14.4 Å². The van der Waals surface area contributed by atoms with Gasteiger partial charge >= 0.3 is 17.9 Å². The number of Topliss-reactive ketones (excluding diaryl/α,β-unsaturated/α-hetero) is 1. The van der Waals surface area contributed by atoms with Crippen LogP contribution in [0.5, 0.6) is 0 Å². The molecular weight excluding hydrogens is 452 g/mol. The fraction of sp³-hybridized carbons (Fsp3) is 0.704. The molecule has 0 amide bonds. The van der Waals surface area contributed by atoms with E-state index in [1.165, 1.54) is 19.9 Å². The van der Waals surface area contributed by atoms with Crippen LogP contribution in [0.3, 0.4) is 0 Å². The molecule has 0 bridgehead atoms. The summed E-state index contributed by atoms with van der Waals surface area (Å²) in [5, 5.41) is 12.2. The first-order valence-corrected chi connectivity index (χ1v) is 12.5. The normalized spacial score (nSPS) is 38.1. The van der Waals surface area contributed by atoms with Gasteiger partial charge < -0.3 is 19.3 Å². The minimum Gasteiger partial charge on any atom is -0.466 e. The predicted octanol–water partition coefficient (Wildman–Crippen LogP) is 3.07. The Kier molecular flexibility index (Phi) is 6.72. The topological polar surface area (TPSA) is 116 Å². The third-order valence-corrected chi connectivity index (χ3v) is 9.25. The number of ether oxygens (including phenoxy) is 3. The summed E-state index contributed by atoms with van der Waals surface area (Å²) < 4.78 is 15.6. The predicted molar refractivity (Wildman–Crippen MR) is 125 cm³/mol. The van der Waals surface area contributed by atoms with Gasteiger partial charge in [-0.2, -0.15) is 0 Å². The van der Waals surface area contributed by atoms with E-state index in [0.29, 0.717) is 25.7 Å². The van der Waals surface area contributed by atoms with E-state index in [9.17, 15) is 24.3 Å². The summed E-state index contributed by atoms with van der Waals surface area (Å²) in [5.74, 6) is -1.62. The molecule has 2 fully saturated rings. The van der Waals surface area contributed by atoms with E-state index in [0.717, 1.165) is 17.6 Å². The maximum Gasteiger partial charge on any atom is 0.331 e.